The molecular formula is C29H35N3O8S2. The van der Waals surface area contributed by atoms with Crippen molar-refractivity contribution in [2.24, 2.45) is 15.7 Å². The first-order chi connectivity index (χ1) is 19.5. The van der Waals surface area contributed by atoms with Crippen LogP contribution in [0, 0.1) is 11.3 Å². The number of carbonyl (C=O) groups is 2. The summed E-state index contributed by atoms with van der Waals surface area (Å²) in [5.41, 5.74) is -1.05. The number of benzene rings is 2. The predicted octanol–water partition coefficient (Wildman–Crippen LogP) is 5.78. The normalized spacial score (nSPS) is 23.2. The van der Waals surface area contributed by atoms with Crippen molar-refractivity contribution in [2.45, 2.75) is 68.9 Å². The first-order valence-electron chi connectivity index (χ1n) is 13.6. The second-order valence-electron chi connectivity index (χ2n) is 12.4. The molecule has 2 atom stereocenters. The van der Waals surface area contributed by atoms with Crippen LogP contribution in [0.4, 0.5) is 11.4 Å². The molecule has 1 heterocycles. The molecule has 1 saturated carbocycles. The minimum Gasteiger partial charge on any atom is -0.506 e. The molecule has 1 fully saturated rings. The summed E-state index contributed by atoms with van der Waals surface area (Å²) in [4.78, 5) is 25.7. The number of Topliss-reactive ketones (excluding diaryl/α,β-unsaturated/α-hetero) is 1. The molecular weight excluding hydrogens is 582 g/mol. The molecule has 2 aromatic carbocycles. The van der Waals surface area contributed by atoms with Gasteiger partial charge in [-0.2, -0.15) is 0 Å². The van der Waals surface area contributed by atoms with Gasteiger partial charge in [-0.1, -0.05) is 68.7 Å². The SMILES string of the molecule is CC1(CCC2CC2)C(=O)C(C2=NS(O)(O)c3cc(NS(=O)(=O)C(C(=O)O)C(C)(C)C)ccc3N2)=C(O)c2ccccc21. The van der Waals surface area contributed by atoms with Crippen LogP contribution in [0.25, 0.3) is 5.76 Å². The maximum absolute atomic E-state index is 14.1. The van der Waals surface area contributed by atoms with Gasteiger partial charge in [0, 0.05) is 5.56 Å². The van der Waals surface area contributed by atoms with E-state index in [-0.39, 0.29) is 33.4 Å². The van der Waals surface area contributed by atoms with Gasteiger partial charge in [-0.25, -0.2) is 8.42 Å². The molecule has 0 spiro atoms. The van der Waals surface area contributed by atoms with Gasteiger partial charge in [0.15, 0.2) is 16.9 Å². The van der Waals surface area contributed by atoms with Crippen molar-refractivity contribution < 1.29 is 37.3 Å². The van der Waals surface area contributed by atoms with Crippen LogP contribution in [-0.4, -0.2) is 50.6 Å². The lowest BCUT2D eigenvalue weighted by atomic mass is 9.67. The van der Waals surface area contributed by atoms with E-state index in [1.54, 1.807) is 12.1 Å². The van der Waals surface area contributed by atoms with Gasteiger partial charge in [-0.05, 0) is 54.9 Å². The second kappa shape index (κ2) is 10.1. The fourth-order valence-electron chi connectivity index (χ4n) is 5.72. The number of hydrogen-bond donors (Lipinski definition) is 6. The lowest BCUT2D eigenvalue weighted by Crippen LogP contribution is -2.44. The number of aliphatic hydroxyl groups excluding tert-OH is 1. The number of nitrogens with one attached hydrogen (secondary N) is 2. The highest BCUT2D eigenvalue weighted by Crippen LogP contribution is 2.57. The number of aliphatic carboxylic acids is 1. The minimum absolute atomic E-state index is 0.0953. The molecule has 2 aliphatic carbocycles. The minimum atomic E-state index is -4.43. The average Bonchev–Trinajstić information content (AvgIpc) is 3.70. The number of nitrogens with zero attached hydrogens (tertiary/aromatic N) is 1. The van der Waals surface area contributed by atoms with Crippen molar-refractivity contribution in [3.8, 4) is 0 Å². The number of sulfonamides is 1. The number of anilines is 2. The van der Waals surface area contributed by atoms with Crippen LogP contribution < -0.4 is 10.0 Å². The van der Waals surface area contributed by atoms with E-state index < -0.39 is 48.6 Å². The van der Waals surface area contributed by atoms with Gasteiger partial charge >= 0.3 is 5.97 Å². The lowest BCUT2D eigenvalue weighted by Gasteiger charge is -2.39. The summed E-state index contributed by atoms with van der Waals surface area (Å²) in [6.07, 6.45) is 3.65. The molecule has 3 aliphatic rings. The zero-order chi connectivity index (χ0) is 30.8. The standard InChI is InChI=1S/C29H35N3O8S2/c1-28(2,3)25(27(35)36)42(39,40)31-17-11-12-20-21(15-17)41(37,38)32-26(30-20)22-23(33)18-7-5-6-8-19(18)29(4,24(22)34)14-13-16-9-10-16/h5-8,11-12,15-16,25,31,33,37-38H,9-10,13-14H2,1-4H3,(H,30,32)(H,35,36). The van der Waals surface area contributed by atoms with Crippen LogP contribution in [0.15, 0.2) is 57.3 Å². The molecule has 0 aromatic heterocycles. The van der Waals surface area contributed by atoms with E-state index in [1.807, 2.05) is 19.1 Å². The zero-order valence-corrected chi connectivity index (χ0v) is 25.3. The Balaban J connectivity index is 1.52. The predicted molar refractivity (Wildman–Crippen MR) is 162 cm³/mol. The Morgan fingerprint density at radius 3 is 2.48 bits per heavy atom. The molecule has 0 bridgehead atoms. The number of aliphatic hydroxyl groups is 1. The molecule has 13 heteroatoms. The molecule has 2 aromatic rings. The second-order valence-corrected chi connectivity index (χ2v) is 15.9. The Kier molecular flexibility index (Phi) is 7.24. The molecule has 2 unspecified atom stereocenters. The topological polar surface area (TPSA) is 186 Å². The molecule has 1 aliphatic heterocycles. The summed E-state index contributed by atoms with van der Waals surface area (Å²) in [7, 11) is -8.42. The van der Waals surface area contributed by atoms with Crippen molar-refractivity contribution in [2.75, 3.05) is 10.0 Å². The zero-order valence-electron chi connectivity index (χ0n) is 23.7. The summed E-state index contributed by atoms with van der Waals surface area (Å²) in [5.74, 6) is -1.88. The quantitative estimate of drug-likeness (QED) is 0.214. The van der Waals surface area contributed by atoms with E-state index in [4.69, 9.17) is 0 Å². The molecule has 11 nitrogen and oxygen atoms in total. The van der Waals surface area contributed by atoms with Gasteiger partial charge in [-0.3, -0.25) is 23.4 Å². The highest BCUT2D eigenvalue weighted by atomic mass is 32.3. The number of carboxylic acid groups (broad SMARTS) is 1. The van der Waals surface area contributed by atoms with E-state index in [1.165, 1.54) is 32.9 Å². The van der Waals surface area contributed by atoms with Gasteiger partial charge in [0.05, 0.1) is 16.8 Å². The molecule has 226 valence electrons. The average molecular weight is 618 g/mol. The number of amidine groups is 1. The molecule has 6 N–H and O–H groups in total. The number of carboxylic acids is 1. The van der Waals surface area contributed by atoms with E-state index in [2.05, 4.69) is 14.4 Å². The first kappa shape index (κ1) is 30.1. The number of ketones is 1. The third-order valence-corrected chi connectivity index (χ3v) is 11.5. The number of fused-ring (bicyclic) bond motifs is 2. The summed E-state index contributed by atoms with van der Waals surface area (Å²) >= 11 is 0. The number of rotatable bonds is 8. The summed E-state index contributed by atoms with van der Waals surface area (Å²) in [6.45, 7) is 6.29. The third kappa shape index (κ3) is 5.30. The third-order valence-electron chi connectivity index (χ3n) is 8.06. The monoisotopic (exact) mass is 617 g/mol. The summed E-state index contributed by atoms with van der Waals surface area (Å²) in [6, 6.07) is 11.0. The Morgan fingerprint density at radius 2 is 1.86 bits per heavy atom. The molecule has 0 radical (unpaired) electrons. The largest absolute Gasteiger partial charge is 0.506 e. The van der Waals surface area contributed by atoms with Gasteiger partial charge in [-0.15, -0.1) is 4.40 Å². The maximum Gasteiger partial charge on any atom is 0.324 e. The van der Waals surface area contributed by atoms with Crippen LogP contribution in [0.5, 0.6) is 0 Å². The Bertz CT molecular complexity index is 1650. The van der Waals surface area contributed by atoms with Crippen LogP contribution in [-0.2, 0) is 25.0 Å². The van der Waals surface area contributed by atoms with Crippen molar-refractivity contribution >= 4 is 55.5 Å². The van der Waals surface area contributed by atoms with Crippen LogP contribution >= 0.6 is 10.8 Å². The van der Waals surface area contributed by atoms with E-state index in [0.29, 0.717) is 23.5 Å². The van der Waals surface area contributed by atoms with Crippen molar-refractivity contribution in [1.82, 2.24) is 0 Å². The van der Waals surface area contributed by atoms with Crippen LogP contribution in [0.1, 0.15) is 64.5 Å². The van der Waals surface area contributed by atoms with Gasteiger partial charge < -0.3 is 15.5 Å². The Morgan fingerprint density at radius 1 is 1.19 bits per heavy atom. The van der Waals surface area contributed by atoms with Gasteiger partial charge in [0.2, 0.25) is 10.0 Å². The summed E-state index contributed by atoms with van der Waals surface area (Å²) < 4.78 is 54.4. The maximum atomic E-state index is 14.1. The van der Waals surface area contributed by atoms with Crippen LogP contribution in [0.2, 0.25) is 0 Å². The van der Waals surface area contributed by atoms with E-state index in [0.717, 1.165) is 25.3 Å². The van der Waals surface area contributed by atoms with Crippen molar-refractivity contribution in [3.63, 3.8) is 0 Å². The van der Waals surface area contributed by atoms with Gasteiger partial charge in [0.25, 0.3) is 0 Å². The summed E-state index contributed by atoms with van der Waals surface area (Å²) in [5, 5.41) is 22.0. The van der Waals surface area contributed by atoms with E-state index in [9.17, 15) is 37.3 Å². The highest BCUT2D eigenvalue weighted by Gasteiger charge is 2.47. The van der Waals surface area contributed by atoms with Gasteiger partial charge in [0.1, 0.15) is 16.2 Å². The van der Waals surface area contributed by atoms with Crippen molar-refractivity contribution in [3.05, 3.63) is 59.2 Å². The van der Waals surface area contributed by atoms with E-state index >= 15 is 0 Å². The Hall–Kier alpha value is -3.39. The molecule has 0 saturated heterocycles. The molecule has 42 heavy (non-hydrogen) atoms. The van der Waals surface area contributed by atoms with Crippen LogP contribution in [0.3, 0.4) is 0 Å². The molecule has 0 amide bonds. The lowest BCUT2D eigenvalue weighted by molar-refractivity contribution is -0.138. The first-order valence-corrected chi connectivity index (χ1v) is 16.6. The Labute approximate surface area is 246 Å². The highest BCUT2D eigenvalue weighted by molar-refractivity contribution is 8.23. The van der Waals surface area contributed by atoms with Crippen molar-refractivity contribution in [1.29, 1.82) is 0 Å². The smallest absolute Gasteiger partial charge is 0.324 e. The fourth-order valence-corrected chi connectivity index (χ4v) is 8.68. The fraction of sp³-hybridized carbons (Fsp3) is 0.414. The molecule has 5 rings (SSSR count). The number of hydrogen-bond acceptors (Lipinski definition) is 9. The number of carbonyl (C=O) groups excluding carboxylic acids is 1.